The number of hydrogen-bond acceptors (Lipinski definition) is 1. The number of rotatable bonds is 10. The van der Waals surface area contributed by atoms with Crippen molar-refractivity contribution in [3.8, 4) is 5.75 Å². The molecule has 1 fully saturated rings. The van der Waals surface area contributed by atoms with Crippen LogP contribution in [0.5, 0.6) is 5.75 Å². The molecule has 1 heteroatoms. The topological polar surface area (TPSA) is 9.23 Å². The number of ether oxygens (including phenoxy) is 1. The lowest BCUT2D eigenvalue weighted by Gasteiger charge is -2.32. The van der Waals surface area contributed by atoms with Gasteiger partial charge in [-0.15, -0.1) is 0 Å². The van der Waals surface area contributed by atoms with Crippen molar-refractivity contribution in [1.29, 1.82) is 0 Å². The van der Waals surface area contributed by atoms with Crippen LogP contribution in [-0.2, 0) is 6.42 Å². The van der Waals surface area contributed by atoms with Crippen LogP contribution >= 0.6 is 0 Å². The summed E-state index contributed by atoms with van der Waals surface area (Å²) in [5.74, 6) is 3.73. The van der Waals surface area contributed by atoms with E-state index in [1.54, 1.807) is 7.11 Å². The fourth-order valence-corrected chi connectivity index (χ4v) is 4.38. The summed E-state index contributed by atoms with van der Waals surface area (Å²) >= 11 is 0. The van der Waals surface area contributed by atoms with Gasteiger partial charge in [-0.2, -0.15) is 0 Å². The van der Waals surface area contributed by atoms with Gasteiger partial charge in [-0.3, -0.25) is 0 Å². The van der Waals surface area contributed by atoms with Crippen molar-refractivity contribution in [2.75, 3.05) is 7.11 Å². The lowest BCUT2D eigenvalue weighted by atomic mass is 9.73. The van der Waals surface area contributed by atoms with Crippen molar-refractivity contribution in [3.63, 3.8) is 0 Å². The van der Waals surface area contributed by atoms with Crippen molar-refractivity contribution < 1.29 is 4.74 Å². The fraction of sp³-hybridized carbons (Fsp3) is 0.739. The quantitative estimate of drug-likeness (QED) is 0.418. The van der Waals surface area contributed by atoms with Crippen molar-refractivity contribution in [1.82, 2.24) is 0 Å². The van der Waals surface area contributed by atoms with Crippen LogP contribution in [0.25, 0.3) is 0 Å². The van der Waals surface area contributed by atoms with E-state index in [-0.39, 0.29) is 0 Å². The van der Waals surface area contributed by atoms with Crippen molar-refractivity contribution in [2.24, 2.45) is 17.8 Å². The molecule has 1 unspecified atom stereocenters. The zero-order chi connectivity index (χ0) is 17.2. The number of methoxy groups -OCH3 is 1. The monoisotopic (exact) mass is 330 g/mol. The van der Waals surface area contributed by atoms with Gasteiger partial charge in [0, 0.05) is 0 Å². The Hall–Kier alpha value is -0.980. The maximum atomic E-state index is 5.26. The second-order valence-electron chi connectivity index (χ2n) is 8.01. The molecule has 0 radical (unpaired) electrons. The van der Waals surface area contributed by atoms with Gasteiger partial charge < -0.3 is 4.74 Å². The normalized spacial score (nSPS) is 22.3. The Morgan fingerprint density at radius 2 is 1.62 bits per heavy atom. The Labute approximate surface area is 150 Å². The first-order chi connectivity index (χ1) is 11.7. The molecule has 0 spiro atoms. The first-order valence-electron chi connectivity index (χ1n) is 10.4. The maximum absolute atomic E-state index is 5.26. The van der Waals surface area contributed by atoms with Gasteiger partial charge in [0.15, 0.2) is 0 Å². The molecule has 2 rings (SSSR count). The molecule has 1 aromatic carbocycles. The standard InChI is InChI=1S/C23H38O/c1-4-5-6-7-8-9-20-10-14-22(15-11-20)19(2)18-21-12-16-23(24-3)17-13-21/h12-13,16-17,19-20,22H,4-11,14-15,18H2,1-3H3. The summed E-state index contributed by atoms with van der Waals surface area (Å²) < 4.78 is 5.26. The molecule has 1 atom stereocenters. The van der Waals surface area contributed by atoms with Crippen LogP contribution in [0.3, 0.4) is 0 Å². The van der Waals surface area contributed by atoms with Gasteiger partial charge in [-0.1, -0.05) is 77.3 Å². The Balaban J connectivity index is 1.65. The molecule has 24 heavy (non-hydrogen) atoms. The first kappa shape index (κ1) is 19.3. The van der Waals surface area contributed by atoms with E-state index in [2.05, 4.69) is 38.1 Å². The van der Waals surface area contributed by atoms with Crippen molar-refractivity contribution >= 4 is 0 Å². The van der Waals surface area contributed by atoms with Gasteiger partial charge in [0.2, 0.25) is 0 Å². The van der Waals surface area contributed by atoms with Gasteiger partial charge in [0.1, 0.15) is 5.75 Å². The van der Waals surface area contributed by atoms with E-state index in [9.17, 15) is 0 Å². The summed E-state index contributed by atoms with van der Waals surface area (Å²) in [6.45, 7) is 4.76. The van der Waals surface area contributed by atoms with E-state index in [1.165, 1.54) is 76.2 Å². The SMILES string of the molecule is CCCCCCCC1CCC(C(C)Cc2ccc(OC)cc2)CC1. The smallest absolute Gasteiger partial charge is 0.118 e. The van der Waals surface area contributed by atoms with Gasteiger partial charge in [-0.25, -0.2) is 0 Å². The summed E-state index contributed by atoms with van der Waals surface area (Å²) in [6, 6.07) is 8.66. The Morgan fingerprint density at radius 1 is 0.958 bits per heavy atom. The van der Waals surface area contributed by atoms with Crippen molar-refractivity contribution in [3.05, 3.63) is 29.8 Å². The van der Waals surface area contributed by atoms with Crippen LogP contribution in [0.2, 0.25) is 0 Å². The average molecular weight is 331 g/mol. The van der Waals surface area contributed by atoms with Gasteiger partial charge in [0.05, 0.1) is 7.11 Å². The predicted octanol–water partition coefficient (Wildman–Crippen LogP) is 7.04. The molecule has 136 valence electrons. The summed E-state index contributed by atoms with van der Waals surface area (Å²) in [5.41, 5.74) is 1.46. The number of hydrogen-bond donors (Lipinski definition) is 0. The third-order valence-electron chi connectivity index (χ3n) is 6.13. The van der Waals surface area contributed by atoms with E-state index in [0.29, 0.717) is 0 Å². The highest BCUT2D eigenvalue weighted by Crippen LogP contribution is 2.37. The molecular weight excluding hydrogens is 292 g/mol. The third kappa shape index (κ3) is 6.49. The molecule has 1 nitrogen and oxygen atoms in total. The summed E-state index contributed by atoms with van der Waals surface area (Å²) in [5, 5.41) is 0. The zero-order valence-electron chi connectivity index (χ0n) is 16.2. The summed E-state index contributed by atoms with van der Waals surface area (Å²) in [6.07, 6.45) is 15.7. The van der Waals surface area contributed by atoms with E-state index < -0.39 is 0 Å². The van der Waals surface area contributed by atoms with Crippen LogP contribution in [0, 0.1) is 17.8 Å². The van der Waals surface area contributed by atoms with Crippen LogP contribution in [0.1, 0.15) is 83.6 Å². The minimum atomic E-state index is 0.809. The fourth-order valence-electron chi connectivity index (χ4n) is 4.38. The molecule has 0 saturated heterocycles. The molecule has 0 aliphatic heterocycles. The molecule has 1 aliphatic carbocycles. The van der Waals surface area contributed by atoms with Crippen LogP contribution in [-0.4, -0.2) is 7.11 Å². The van der Waals surface area contributed by atoms with Crippen LogP contribution < -0.4 is 4.74 Å². The molecule has 0 amide bonds. The molecule has 0 N–H and O–H groups in total. The second kappa shape index (κ2) is 10.8. The first-order valence-corrected chi connectivity index (χ1v) is 10.4. The van der Waals surface area contributed by atoms with Crippen LogP contribution in [0.4, 0.5) is 0 Å². The number of benzene rings is 1. The van der Waals surface area contributed by atoms with E-state index in [0.717, 1.165) is 23.5 Å². The highest BCUT2D eigenvalue weighted by atomic mass is 16.5. The second-order valence-corrected chi connectivity index (χ2v) is 8.01. The molecule has 1 aliphatic rings. The largest absolute Gasteiger partial charge is 0.497 e. The minimum absolute atomic E-state index is 0.809. The molecule has 0 bridgehead atoms. The van der Waals surface area contributed by atoms with Crippen LogP contribution in [0.15, 0.2) is 24.3 Å². The Morgan fingerprint density at radius 3 is 2.25 bits per heavy atom. The maximum Gasteiger partial charge on any atom is 0.118 e. The highest BCUT2D eigenvalue weighted by Gasteiger charge is 2.25. The predicted molar refractivity (Wildman–Crippen MR) is 105 cm³/mol. The summed E-state index contributed by atoms with van der Waals surface area (Å²) in [7, 11) is 1.74. The zero-order valence-corrected chi connectivity index (χ0v) is 16.2. The van der Waals surface area contributed by atoms with Gasteiger partial charge in [-0.05, 0) is 54.7 Å². The van der Waals surface area contributed by atoms with E-state index in [4.69, 9.17) is 4.74 Å². The van der Waals surface area contributed by atoms with Crippen molar-refractivity contribution in [2.45, 2.75) is 84.5 Å². The molecule has 1 saturated carbocycles. The average Bonchev–Trinajstić information content (AvgIpc) is 2.62. The Bertz CT molecular complexity index is 428. The number of unbranched alkanes of at least 4 members (excludes halogenated alkanes) is 4. The minimum Gasteiger partial charge on any atom is -0.497 e. The van der Waals surface area contributed by atoms with E-state index >= 15 is 0 Å². The lowest BCUT2D eigenvalue weighted by molar-refractivity contribution is 0.204. The molecule has 0 heterocycles. The molecular formula is C23H38O. The Kier molecular flexibility index (Phi) is 8.70. The van der Waals surface area contributed by atoms with Gasteiger partial charge >= 0.3 is 0 Å². The third-order valence-corrected chi connectivity index (χ3v) is 6.13. The lowest BCUT2D eigenvalue weighted by Crippen LogP contribution is -2.21. The molecule has 1 aromatic rings. The summed E-state index contributed by atoms with van der Waals surface area (Å²) in [4.78, 5) is 0. The molecule has 0 aromatic heterocycles. The van der Waals surface area contributed by atoms with E-state index in [1.807, 2.05) is 0 Å². The van der Waals surface area contributed by atoms with Gasteiger partial charge in [0.25, 0.3) is 0 Å². The highest BCUT2D eigenvalue weighted by molar-refractivity contribution is 5.27.